The van der Waals surface area contributed by atoms with E-state index in [4.69, 9.17) is 0 Å². The van der Waals surface area contributed by atoms with Crippen molar-refractivity contribution in [2.24, 2.45) is 0 Å². The highest BCUT2D eigenvalue weighted by Gasteiger charge is 2.06. The third-order valence-corrected chi connectivity index (χ3v) is 4.03. The Balaban J connectivity index is 1.85. The van der Waals surface area contributed by atoms with Crippen molar-refractivity contribution in [3.63, 3.8) is 0 Å². The van der Waals surface area contributed by atoms with Gasteiger partial charge in [0.25, 0.3) is 5.56 Å². The summed E-state index contributed by atoms with van der Waals surface area (Å²) in [6, 6.07) is 9.38. The molecule has 2 N–H and O–H groups in total. The van der Waals surface area contributed by atoms with E-state index in [9.17, 15) is 4.79 Å². The van der Waals surface area contributed by atoms with Crippen LogP contribution in [-0.2, 0) is 0 Å². The molecule has 0 aliphatic rings. The van der Waals surface area contributed by atoms with Gasteiger partial charge in [-0.1, -0.05) is 28.1 Å². The summed E-state index contributed by atoms with van der Waals surface area (Å²) < 4.78 is 1.03. The number of nitrogens with zero attached hydrogens (tertiary/aromatic N) is 2. The van der Waals surface area contributed by atoms with Crippen LogP contribution in [0.5, 0.6) is 0 Å². The normalized spacial score (nSPS) is 10.6. The summed E-state index contributed by atoms with van der Waals surface area (Å²) in [5, 5.41) is 5.66. The second kappa shape index (κ2) is 5.79. The van der Waals surface area contributed by atoms with Crippen LogP contribution < -0.4 is 10.9 Å². The van der Waals surface area contributed by atoms with Crippen molar-refractivity contribution in [1.29, 1.82) is 0 Å². The number of aromatic amines is 1. The van der Waals surface area contributed by atoms with Crippen LogP contribution >= 0.6 is 27.3 Å². The van der Waals surface area contributed by atoms with E-state index in [1.54, 1.807) is 6.92 Å². The van der Waals surface area contributed by atoms with Crippen molar-refractivity contribution in [3.05, 3.63) is 56.2 Å². The number of aryl methyl sites for hydroxylation is 1. The predicted molar refractivity (Wildman–Crippen MR) is 88.1 cm³/mol. The Morgan fingerprint density at radius 1 is 1.24 bits per heavy atom. The number of hydrogen-bond acceptors (Lipinski definition) is 5. The van der Waals surface area contributed by atoms with Crippen molar-refractivity contribution in [2.75, 3.05) is 5.32 Å². The maximum absolute atomic E-state index is 11.4. The van der Waals surface area contributed by atoms with Crippen molar-refractivity contribution in [1.82, 2.24) is 15.0 Å². The van der Waals surface area contributed by atoms with E-state index in [2.05, 4.69) is 36.2 Å². The zero-order valence-corrected chi connectivity index (χ0v) is 13.5. The van der Waals surface area contributed by atoms with Crippen LogP contribution in [0.3, 0.4) is 0 Å². The zero-order valence-electron chi connectivity index (χ0n) is 11.1. The molecule has 2 heterocycles. The van der Waals surface area contributed by atoms with E-state index in [0.717, 1.165) is 15.7 Å². The largest absolute Gasteiger partial charge is 0.302 e. The first-order valence-electron chi connectivity index (χ1n) is 6.16. The number of halogens is 1. The number of thiazole rings is 1. The number of anilines is 2. The van der Waals surface area contributed by atoms with Gasteiger partial charge >= 0.3 is 0 Å². The molecule has 3 aromatic rings. The molecule has 0 aliphatic heterocycles. The van der Waals surface area contributed by atoms with Crippen LogP contribution in [0, 0.1) is 6.92 Å². The lowest BCUT2D eigenvalue weighted by Gasteiger charge is -2.01. The minimum absolute atomic E-state index is 0.185. The Hall–Kier alpha value is -1.99. The Labute approximate surface area is 133 Å². The molecule has 0 atom stereocenters. The third-order valence-electron chi connectivity index (χ3n) is 2.74. The Kier molecular flexibility index (Phi) is 3.85. The monoisotopic (exact) mass is 362 g/mol. The van der Waals surface area contributed by atoms with E-state index >= 15 is 0 Å². The molecule has 3 rings (SSSR count). The molecule has 0 saturated carbocycles. The third kappa shape index (κ3) is 3.37. The van der Waals surface area contributed by atoms with Crippen molar-refractivity contribution < 1.29 is 0 Å². The van der Waals surface area contributed by atoms with Crippen molar-refractivity contribution in [2.45, 2.75) is 6.92 Å². The Bertz CT molecular complexity index is 825. The molecule has 0 spiro atoms. The van der Waals surface area contributed by atoms with Crippen molar-refractivity contribution in [3.8, 4) is 11.3 Å². The van der Waals surface area contributed by atoms with Gasteiger partial charge in [-0.2, -0.15) is 0 Å². The number of benzene rings is 1. The molecule has 21 heavy (non-hydrogen) atoms. The summed E-state index contributed by atoms with van der Waals surface area (Å²) >= 11 is 4.87. The van der Waals surface area contributed by atoms with Gasteiger partial charge in [-0.05, 0) is 19.1 Å². The zero-order chi connectivity index (χ0) is 14.8. The smallest absolute Gasteiger partial charge is 0.252 e. The number of hydrogen-bond donors (Lipinski definition) is 2. The van der Waals surface area contributed by atoms with Crippen LogP contribution in [-0.4, -0.2) is 15.0 Å². The number of nitrogens with one attached hydrogen (secondary N) is 2. The van der Waals surface area contributed by atoms with E-state index in [-0.39, 0.29) is 5.56 Å². The lowest BCUT2D eigenvalue weighted by Crippen LogP contribution is -2.10. The van der Waals surface area contributed by atoms with Crippen LogP contribution in [0.4, 0.5) is 11.1 Å². The molecule has 106 valence electrons. The minimum Gasteiger partial charge on any atom is -0.302 e. The van der Waals surface area contributed by atoms with E-state index < -0.39 is 0 Å². The molecule has 0 amide bonds. The maximum atomic E-state index is 11.4. The van der Waals surface area contributed by atoms with Gasteiger partial charge < -0.3 is 5.32 Å². The first kappa shape index (κ1) is 14.0. The van der Waals surface area contributed by atoms with Gasteiger partial charge in [0.15, 0.2) is 5.13 Å². The van der Waals surface area contributed by atoms with Crippen LogP contribution in [0.2, 0.25) is 0 Å². The fourth-order valence-electron chi connectivity index (χ4n) is 1.82. The molecule has 0 radical (unpaired) electrons. The molecule has 0 saturated heterocycles. The Morgan fingerprint density at radius 3 is 2.71 bits per heavy atom. The maximum Gasteiger partial charge on any atom is 0.252 e. The average Bonchev–Trinajstić information content (AvgIpc) is 2.87. The minimum atomic E-state index is -0.185. The highest BCUT2D eigenvalue weighted by atomic mass is 79.9. The second-order valence-corrected chi connectivity index (χ2v) is 6.18. The highest BCUT2D eigenvalue weighted by Crippen LogP contribution is 2.27. The van der Waals surface area contributed by atoms with Gasteiger partial charge in [-0.3, -0.25) is 9.78 Å². The quantitative estimate of drug-likeness (QED) is 0.744. The fraction of sp³-hybridized carbons (Fsp3) is 0.0714. The lowest BCUT2D eigenvalue weighted by atomic mass is 10.2. The van der Waals surface area contributed by atoms with Crippen LogP contribution in [0.25, 0.3) is 11.3 Å². The van der Waals surface area contributed by atoms with E-state index in [1.165, 1.54) is 17.4 Å². The summed E-state index contributed by atoms with van der Waals surface area (Å²) in [6.45, 7) is 1.77. The van der Waals surface area contributed by atoms with Gasteiger partial charge in [-0.25, -0.2) is 9.97 Å². The molecule has 0 bridgehead atoms. The Morgan fingerprint density at radius 2 is 2.00 bits per heavy atom. The highest BCUT2D eigenvalue weighted by molar-refractivity contribution is 9.10. The summed E-state index contributed by atoms with van der Waals surface area (Å²) in [7, 11) is 0. The number of aromatic nitrogens is 3. The molecule has 5 nitrogen and oxygen atoms in total. The van der Waals surface area contributed by atoms with Crippen LogP contribution in [0.1, 0.15) is 5.69 Å². The molecule has 0 fully saturated rings. The summed E-state index contributed by atoms with van der Waals surface area (Å²) in [4.78, 5) is 22.8. The summed E-state index contributed by atoms with van der Waals surface area (Å²) in [5.41, 5.74) is 2.39. The number of H-pyrrole nitrogens is 1. The first-order valence-corrected chi connectivity index (χ1v) is 7.84. The summed E-state index contributed by atoms with van der Waals surface area (Å²) in [6.07, 6.45) is 0. The van der Waals surface area contributed by atoms with Crippen molar-refractivity contribution >= 4 is 38.3 Å². The lowest BCUT2D eigenvalue weighted by molar-refractivity contribution is 1.07. The molecule has 7 heteroatoms. The van der Waals surface area contributed by atoms with E-state index in [1.807, 2.05) is 29.6 Å². The molecule has 1 aromatic carbocycles. The van der Waals surface area contributed by atoms with Gasteiger partial charge in [0.2, 0.25) is 5.95 Å². The molecule has 0 aliphatic carbocycles. The number of rotatable bonds is 3. The average molecular weight is 363 g/mol. The van der Waals surface area contributed by atoms with Gasteiger partial charge in [0.05, 0.1) is 5.69 Å². The molecular formula is C14H11BrN4OS. The first-order chi connectivity index (χ1) is 10.1. The van der Waals surface area contributed by atoms with Crippen LogP contribution in [0.15, 0.2) is 45.0 Å². The molecule has 2 aromatic heterocycles. The summed E-state index contributed by atoms with van der Waals surface area (Å²) in [5.74, 6) is 0.400. The van der Waals surface area contributed by atoms with E-state index in [0.29, 0.717) is 16.8 Å². The molecular weight excluding hydrogens is 352 g/mol. The topological polar surface area (TPSA) is 70.7 Å². The fourth-order valence-corrected chi connectivity index (χ4v) is 2.81. The SMILES string of the molecule is Cc1cc(=O)[nH]c(Nc2nc(-c3ccc(Br)cc3)cs2)n1. The van der Waals surface area contributed by atoms with Gasteiger partial charge in [0.1, 0.15) is 0 Å². The molecule has 0 unspecified atom stereocenters. The second-order valence-electron chi connectivity index (χ2n) is 4.41. The predicted octanol–water partition coefficient (Wildman–Crippen LogP) is 3.71. The van der Waals surface area contributed by atoms with Gasteiger partial charge in [0, 0.05) is 27.2 Å². The standard InChI is InChI=1S/C14H11BrN4OS/c1-8-6-12(20)18-13(16-8)19-14-17-11(7-21-14)9-2-4-10(15)5-3-9/h2-7H,1H3,(H2,16,17,18,19,20). The van der Waals surface area contributed by atoms with Gasteiger partial charge in [-0.15, -0.1) is 11.3 Å².